The van der Waals surface area contributed by atoms with Crippen LogP contribution in [-0.2, 0) is 20.9 Å². The van der Waals surface area contributed by atoms with Crippen LogP contribution in [0.15, 0.2) is 66.7 Å². The third-order valence-electron chi connectivity index (χ3n) is 7.80. The van der Waals surface area contributed by atoms with Crippen LogP contribution in [0.25, 0.3) is 0 Å². The van der Waals surface area contributed by atoms with Gasteiger partial charge in [0.25, 0.3) is 5.91 Å². The lowest BCUT2D eigenvalue weighted by Gasteiger charge is -2.33. The Morgan fingerprint density at radius 3 is 2.64 bits per heavy atom. The number of benzene rings is 3. The minimum atomic E-state index is -0.0313. The maximum Gasteiger partial charge on any atom is 0.265 e. The Kier molecular flexibility index (Phi) is 10.7. The molecule has 1 N–H and O–H groups in total. The van der Waals surface area contributed by atoms with Gasteiger partial charge in [0.15, 0.2) is 6.61 Å². The molecule has 2 unspecified atom stereocenters. The third-order valence-corrected chi connectivity index (χ3v) is 7.80. The lowest BCUT2D eigenvalue weighted by Crippen LogP contribution is -2.41. The molecular weight excluding hydrogens is 532 g/mol. The molecule has 224 valence electrons. The fourth-order valence-corrected chi connectivity index (χ4v) is 5.50. The molecule has 8 nitrogen and oxygen atoms in total. The Morgan fingerprint density at radius 2 is 1.81 bits per heavy atom. The molecule has 3 aromatic rings. The van der Waals surface area contributed by atoms with Crippen LogP contribution in [0.4, 0.5) is 5.69 Å². The van der Waals surface area contributed by atoms with Crippen molar-refractivity contribution in [1.29, 1.82) is 0 Å². The maximum absolute atomic E-state index is 12.5. The van der Waals surface area contributed by atoms with E-state index in [1.807, 2.05) is 36.4 Å². The molecule has 2 heterocycles. The molecule has 3 aromatic carbocycles. The number of carbonyl (C=O) groups excluding carboxylic acids is 1. The number of amides is 1. The van der Waals surface area contributed by atoms with Crippen molar-refractivity contribution in [1.82, 2.24) is 5.32 Å². The SMILES string of the molecule is COCCCN1C(=O)COc2ccc(COC3CNCCC3c3ccc(OCCCOc4ccccc4C)cc3)cc21. The average molecular weight is 575 g/mol. The van der Waals surface area contributed by atoms with Crippen molar-refractivity contribution in [2.45, 2.75) is 44.8 Å². The van der Waals surface area contributed by atoms with Gasteiger partial charge in [0.1, 0.15) is 17.2 Å². The van der Waals surface area contributed by atoms with E-state index in [-0.39, 0.29) is 24.5 Å². The van der Waals surface area contributed by atoms with E-state index in [2.05, 4.69) is 42.6 Å². The van der Waals surface area contributed by atoms with Gasteiger partial charge in [-0.1, -0.05) is 36.4 Å². The first kappa shape index (κ1) is 29.9. The summed E-state index contributed by atoms with van der Waals surface area (Å²) in [4.78, 5) is 14.3. The highest BCUT2D eigenvalue weighted by Gasteiger charge is 2.28. The van der Waals surface area contributed by atoms with Crippen LogP contribution in [0.3, 0.4) is 0 Å². The molecule has 0 aliphatic carbocycles. The molecule has 42 heavy (non-hydrogen) atoms. The van der Waals surface area contributed by atoms with Gasteiger partial charge in [-0.25, -0.2) is 0 Å². The number of fused-ring (bicyclic) bond motifs is 1. The highest BCUT2D eigenvalue weighted by Crippen LogP contribution is 2.34. The highest BCUT2D eigenvalue weighted by molar-refractivity contribution is 5.97. The molecule has 8 heteroatoms. The summed E-state index contributed by atoms with van der Waals surface area (Å²) in [5.74, 6) is 2.78. The Balaban J connectivity index is 1.13. The molecule has 0 spiro atoms. The number of para-hydroxylation sites is 1. The van der Waals surface area contributed by atoms with E-state index in [0.717, 1.165) is 66.4 Å². The van der Waals surface area contributed by atoms with Gasteiger partial charge in [0, 0.05) is 39.1 Å². The average Bonchev–Trinajstić information content (AvgIpc) is 3.02. The molecule has 5 rings (SSSR count). The second kappa shape index (κ2) is 15.0. The van der Waals surface area contributed by atoms with Gasteiger partial charge >= 0.3 is 0 Å². The zero-order valence-electron chi connectivity index (χ0n) is 24.7. The van der Waals surface area contributed by atoms with Crippen LogP contribution >= 0.6 is 0 Å². The van der Waals surface area contributed by atoms with Gasteiger partial charge in [-0.2, -0.15) is 0 Å². The number of methoxy groups -OCH3 is 1. The quantitative estimate of drug-likeness (QED) is 0.263. The Hall–Kier alpha value is -3.59. The fraction of sp³-hybridized carbons (Fsp3) is 0.441. The maximum atomic E-state index is 12.5. The molecule has 0 radical (unpaired) electrons. The zero-order valence-corrected chi connectivity index (χ0v) is 24.7. The molecule has 0 saturated carbocycles. The van der Waals surface area contributed by atoms with Crippen LogP contribution in [0, 0.1) is 6.92 Å². The third kappa shape index (κ3) is 7.82. The molecule has 2 aliphatic heterocycles. The molecule has 1 amide bonds. The van der Waals surface area contributed by atoms with Gasteiger partial charge in [-0.3, -0.25) is 4.79 Å². The summed E-state index contributed by atoms with van der Waals surface area (Å²) in [5.41, 5.74) is 4.22. The molecular formula is C34H42N2O6. The minimum Gasteiger partial charge on any atom is -0.493 e. The van der Waals surface area contributed by atoms with Crippen molar-refractivity contribution < 1.29 is 28.5 Å². The van der Waals surface area contributed by atoms with E-state index in [1.54, 1.807) is 12.0 Å². The topological polar surface area (TPSA) is 78.5 Å². The van der Waals surface area contributed by atoms with Crippen molar-refractivity contribution >= 4 is 11.6 Å². The number of nitrogens with zero attached hydrogens (tertiary/aromatic N) is 1. The van der Waals surface area contributed by atoms with E-state index in [0.29, 0.717) is 33.0 Å². The number of anilines is 1. The fourth-order valence-electron chi connectivity index (χ4n) is 5.50. The predicted octanol–water partition coefficient (Wildman–Crippen LogP) is 5.27. The summed E-state index contributed by atoms with van der Waals surface area (Å²) < 4.78 is 29.2. The smallest absolute Gasteiger partial charge is 0.265 e. The zero-order chi connectivity index (χ0) is 29.1. The van der Waals surface area contributed by atoms with E-state index in [9.17, 15) is 4.79 Å². The number of aryl methyl sites for hydroxylation is 1. The molecule has 0 bridgehead atoms. The first-order valence-corrected chi connectivity index (χ1v) is 14.9. The van der Waals surface area contributed by atoms with Crippen molar-refractivity contribution in [2.24, 2.45) is 0 Å². The van der Waals surface area contributed by atoms with Gasteiger partial charge in [0.2, 0.25) is 0 Å². The number of ether oxygens (including phenoxy) is 5. The summed E-state index contributed by atoms with van der Waals surface area (Å²) >= 11 is 0. The predicted molar refractivity (Wildman–Crippen MR) is 163 cm³/mol. The summed E-state index contributed by atoms with van der Waals surface area (Å²) in [5, 5.41) is 3.48. The first-order chi connectivity index (χ1) is 20.6. The second-order valence-corrected chi connectivity index (χ2v) is 10.8. The lowest BCUT2D eigenvalue weighted by atomic mass is 9.87. The summed E-state index contributed by atoms with van der Waals surface area (Å²) in [7, 11) is 1.67. The minimum absolute atomic E-state index is 0.0313. The summed E-state index contributed by atoms with van der Waals surface area (Å²) in [6.45, 7) is 6.76. The van der Waals surface area contributed by atoms with Crippen LogP contribution in [0.1, 0.15) is 41.9 Å². The molecule has 1 saturated heterocycles. The number of rotatable bonds is 14. The summed E-state index contributed by atoms with van der Waals surface area (Å²) in [6, 6.07) is 22.4. The largest absolute Gasteiger partial charge is 0.493 e. The van der Waals surface area contributed by atoms with E-state index < -0.39 is 0 Å². The van der Waals surface area contributed by atoms with Gasteiger partial charge < -0.3 is 33.9 Å². The number of hydrogen-bond donors (Lipinski definition) is 1. The van der Waals surface area contributed by atoms with Crippen molar-refractivity contribution in [3.05, 3.63) is 83.4 Å². The number of nitrogens with one attached hydrogen (secondary N) is 1. The summed E-state index contributed by atoms with van der Waals surface area (Å²) in [6.07, 6.45) is 2.62. The normalized spacial score (nSPS) is 18.3. The van der Waals surface area contributed by atoms with E-state index in [1.165, 1.54) is 5.56 Å². The van der Waals surface area contributed by atoms with Crippen LogP contribution in [-0.4, -0.2) is 65.2 Å². The first-order valence-electron chi connectivity index (χ1n) is 14.9. The molecule has 2 aliphatic rings. The van der Waals surface area contributed by atoms with E-state index >= 15 is 0 Å². The monoisotopic (exact) mass is 574 g/mol. The van der Waals surface area contributed by atoms with Gasteiger partial charge in [0.05, 0.1) is 31.6 Å². The molecule has 1 fully saturated rings. The number of hydrogen-bond acceptors (Lipinski definition) is 7. The number of piperidine rings is 1. The van der Waals surface area contributed by atoms with Gasteiger partial charge in [-0.15, -0.1) is 0 Å². The Bertz CT molecular complexity index is 1300. The van der Waals surface area contributed by atoms with Gasteiger partial charge in [-0.05, 0) is 73.3 Å². The molecule has 2 atom stereocenters. The lowest BCUT2D eigenvalue weighted by molar-refractivity contribution is -0.121. The number of carbonyl (C=O) groups is 1. The Morgan fingerprint density at radius 1 is 0.976 bits per heavy atom. The van der Waals surface area contributed by atoms with Crippen LogP contribution in [0.2, 0.25) is 0 Å². The van der Waals surface area contributed by atoms with E-state index in [4.69, 9.17) is 23.7 Å². The Labute approximate surface area is 248 Å². The standard InChI is InChI=1S/C34H42N2O6/c1-25-7-3-4-8-31(25)40-20-6-19-39-28-12-10-27(11-13-28)29-15-16-35-22-33(29)41-23-26-9-14-32-30(21-26)36(17-5-18-38-2)34(37)24-42-32/h3-4,7-14,21,29,33,35H,5-6,15-20,22-24H2,1-2H3. The molecule has 0 aromatic heterocycles. The van der Waals surface area contributed by atoms with Crippen molar-refractivity contribution in [2.75, 3.05) is 58.1 Å². The van der Waals surface area contributed by atoms with Crippen LogP contribution in [0.5, 0.6) is 17.2 Å². The van der Waals surface area contributed by atoms with Crippen molar-refractivity contribution in [3.63, 3.8) is 0 Å². The van der Waals surface area contributed by atoms with Crippen molar-refractivity contribution in [3.8, 4) is 17.2 Å². The second-order valence-electron chi connectivity index (χ2n) is 10.8. The highest BCUT2D eigenvalue weighted by atomic mass is 16.5. The van der Waals surface area contributed by atoms with Crippen LogP contribution < -0.4 is 24.4 Å².